The van der Waals surface area contributed by atoms with Gasteiger partial charge in [0.05, 0.1) is 0 Å². The van der Waals surface area contributed by atoms with Crippen molar-refractivity contribution in [1.82, 2.24) is 0 Å². The molecule has 1 nitrogen and oxygen atoms in total. The smallest absolute Gasteiger partial charge is 0.387 e. The molecule has 124 valence electrons. The van der Waals surface area contributed by atoms with Crippen LogP contribution in [0.4, 0.5) is 8.78 Å². The van der Waals surface area contributed by atoms with Crippen LogP contribution in [0.1, 0.15) is 76.2 Å². The van der Waals surface area contributed by atoms with Gasteiger partial charge in [0.25, 0.3) is 0 Å². The Hall–Kier alpha value is -1.12. The molecule has 0 unspecified atom stereocenters. The van der Waals surface area contributed by atoms with Crippen LogP contribution in [0.25, 0.3) is 0 Å². The average molecular weight is 310 g/mol. The summed E-state index contributed by atoms with van der Waals surface area (Å²) in [5.74, 6) is 1.74. The fourth-order valence-electron chi connectivity index (χ4n) is 3.57. The summed E-state index contributed by atoms with van der Waals surface area (Å²) >= 11 is 0. The van der Waals surface area contributed by atoms with Crippen LogP contribution in [-0.4, -0.2) is 6.61 Å². The van der Waals surface area contributed by atoms with Crippen LogP contribution in [0.15, 0.2) is 24.3 Å². The summed E-state index contributed by atoms with van der Waals surface area (Å²) in [6, 6.07) is 7.23. The van der Waals surface area contributed by atoms with Gasteiger partial charge >= 0.3 is 6.61 Å². The molecule has 0 bridgehead atoms. The molecule has 1 aliphatic carbocycles. The van der Waals surface area contributed by atoms with E-state index in [0.29, 0.717) is 5.92 Å². The highest BCUT2D eigenvalue weighted by atomic mass is 19.3. The molecule has 1 saturated carbocycles. The Balaban J connectivity index is 1.74. The molecule has 0 saturated heterocycles. The molecule has 0 aliphatic heterocycles. The lowest BCUT2D eigenvalue weighted by Crippen LogP contribution is -2.13. The van der Waals surface area contributed by atoms with E-state index in [1.807, 2.05) is 12.1 Å². The first-order valence-corrected chi connectivity index (χ1v) is 8.73. The number of rotatable bonds is 8. The summed E-state index contributed by atoms with van der Waals surface area (Å²) in [6.45, 7) is -0.489. The zero-order valence-electron chi connectivity index (χ0n) is 13.6. The van der Waals surface area contributed by atoms with E-state index in [9.17, 15) is 8.78 Å². The van der Waals surface area contributed by atoms with E-state index in [2.05, 4.69) is 11.7 Å². The number of halogens is 2. The van der Waals surface area contributed by atoms with Gasteiger partial charge in [0.1, 0.15) is 5.75 Å². The molecule has 1 aromatic rings. The molecule has 0 amide bonds. The van der Waals surface area contributed by atoms with Crippen LogP contribution >= 0.6 is 0 Å². The van der Waals surface area contributed by atoms with Gasteiger partial charge in [-0.15, -0.1) is 0 Å². The molecule has 0 aromatic heterocycles. The Labute approximate surface area is 133 Å². The fraction of sp³-hybridized carbons (Fsp3) is 0.684. The number of hydrogen-bond donors (Lipinski definition) is 0. The molecular weight excluding hydrogens is 282 g/mol. The van der Waals surface area contributed by atoms with E-state index in [1.165, 1.54) is 63.4 Å². The first kappa shape index (κ1) is 17.2. The number of unbranched alkanes of at least 4 members (excludes halogenated alkanes) is 3. The zero-order valence-corrected chi connectivity index (χ0v) is 13.6. The van der Waals surface area contributed by atoms with E-state index in [4.69, 9.17) is 0 Å². The van der Waals surface area contributed by atoms with E-state index >= 15 is 0 Å². The molecular formula is C19H28F2O. The number of alkyl halides is 2. The predicted octanol–water partition coefficient (Wildman–Crippen LogP) is 6.53. The third-order valence-electron chi connectivity index (χ3n) is 4.89. The Morgan fingerprint density at radius 3 is 2.27 bits per heavy atom. The fourth-order valence-corrected chi connectivity index (χ4v) is 3.57. The summed E-state index contributed by atoms with van der Waals surface area (Å²) in [4.78, 5) is 0. The highest BCUT2D eigenvalue weighted by Gasteiger charge is 2.22. The molecule has 1 aliphatic rings. The van der Waals surface area contributed by atoms with E-state index in [1.54, 1.807) is 12.1 Å². The second-order valence-corrected chi connectivity index (χ2v) is 6.51. The van der Waals surface area contributed by atoms with Crippen molar-refractivity contribution in [3.8, 4) is 5.75 Å². The van der Waals surface area contributed by atoms with Gasteiger partial charge < -0.3 is 4.74 Å². The van der Waals surface area contributed by atoms with E-state index < -0.39 is 6.61 Å². The van der Waals surface area contributed by atoms with Crippen LogP contribution in [0, 0.1) is 5.92 Å². The van der Waals surface area contributed by atoms with Gasteiger partial charge in [0.2, 0.25) is 0 Å². The minimum atomic E-state index is -2.74. The Morgan fingerprint density at radius 1 is 1.00 bits per heavy atom. The third-order valence-corrected chi connectivity index (χ3v) is 4.89. The maximum Gasteiger partial charge on any atom is 0.387 e. The summed E-state index contributed by atoms with van der Waals surface area (Å²) in [5.41, 5.74) is 1.27. The van der Waals surface area contributed by atoms with Gasteiger partial charge in [0.15, 0.2) is 0 Å². The predicted molar refractivity (Wildman–Crippen MR) is 86.5 cm³/mol. The van der Waals surface area contributed by atoms with Crippen LogP contribution in [0.5, 0.6) is 5.75 Å². The van der Waals surface area contributed by atoms with Gasteiger partial charge in [-0.05, 0) is 55.2 Å². The molecule has 0 spiro atoms. The number of ether oxygens (including phenoxy) is 1. The molecule has 2 rings (SSSR count). The molecule has 3 heteroatoms. The quantitative estimate of drug-likeness (QED) is 0.496. The average Bonchev–Trinajstić information content (AvgIpc) is 2.52. The van der Waals surface area contributed by atoms with E-state index in [-0.39, 0.29) is 5.75 Å². The molecule has 22 heavy (non-hydrogen) atoms. The van der Waals surface area contributed by atoms with Gasteiger partial charge in [-0.25, -0.2) is 0 Å². The summed E-state index contributed by atoms with van der Waals surface area (Å²) < 4.78 is 28.7. The van der Waals surface area contributed by atoms with Crippen molar-refractivity contribution in [2.45, 2.75) is 77.2 Å². The Morgan fingerprint density at radius 2 is 1.68 bits per heavy atom. The first-order valence-electron chi connectivity index (χ1n) is 8.73. The molecule has 0 heterocycles. The topological polar surface area (TPSA) is 9.23 Å². The van der Waals surface area contributed by atoms with Crippen LogP contribution < -0.4 is 4.74 Å². The van der Waals surface area contributed by atoms with Gasteiger partial charge in [-0.3, -0.25) is 0 Å². The Bertz CT molecular complexity index is 408. The van der Waals surface area contributed by atoms with Gasteiger partial charge in [-0.1, -0.05) is 51.2 Å². The highest BCUT2D eigenvalue weighted by molar-refractivity contribution is 5.29. The number of benzene rings is 1. The monoisotopic (exact) mass is 310 g/mol. The van der Waals surface area contributed by atoms with Crippen molar-refractivity contribution in [3.05, 3.63) is 29.8 Å². The van der Waals surface area contributed by atoms with Crippen molar-refractivity contribution < 1.29 is 13.5 Å². The van der Waals surface area contributed by atoms with Crippen LogP contribution in [0.2, 0.25) is 0 Å². The van der Waals surface area contributed by atoms with Crippen LogP contribution in [-0.2, 0) is 0 Å². The lowest BCUT2D eigenvalue weighted by molar-refractivity contribution is -0.0498. The molecule has 0 N–H and O–H groups in total. The first-order chi connectivity index (χ1) is 10.7. The van der Waals surface area contributed by atoms with Crippen molar-refractivity contribution in [2.75, 3.05) is 0 Å². The number of hydrogen-bond acceptors (Lipinski definition) is 1. The highest BCUT2D eigenvalue weighted by Crippen LogP contribution is 2.38. The molecule has 0 radical (unpaired) electrons. The van der Waals surface area contributed by atoms with Crippen LogP contribution in [0.3, 0.4) is 0 Å². The molecule has 0 atom stereocenters. The second kappa shape index (κ2) is 9.12. The maximum absolute atomic E-state index is 12.1. The summed E-state index contributed by atoms with van der Waals surface area (Å²) in [6.07, 6.45) is 11.9. The maximum atomic E-state index is 12.1. The zero-order chi connectivity index (χ0) is 15.8. The molecule has 1 fully saturated rings. The van der Waals surface area contributed by atoms with Gasteiger partial charge in [-0.2, -0.15) is 8.78 Å². The summed E-state index contributed by atoms with van der Waals surface area (Å²) in [5, 5.41) is 0. The largest absolute Gasteiger partial charge is 0.435 e. The van der Waals surface area contributed by atoms with Crippen molar-refractivity contribution in [3.63, 3.8) is 0 Å². The standard InChI is InChI=1S/C19H28F2O/c1-2-3-4-5-6-15-7-9-16(10-8-15)17-11-13-18(14-12-17)22-19(20)21/h11-16,19H,2-10H2,1H3/t15-,16-. The van der Waals surface area contributed by atoms with Crippen molar-refractivity contribution in [1.29, 1.82) is 0 Å². The summed E-state index contributed by atoms with van der Waals surface area (Å²) in [7, 11) is 0. The van der Waals surface area contributed by atoms with Gasteiger partial charge in [0, 0.05) is 0 Å². The minimum Gasteiger partial charge on any atom is -0.435 e. The second-order valence-electron chi connectivity index (χ2n) is 6.51. The normalized spacial score (nSPS) is 22.0. The minimum absolute atomic E-state index is 0.253. The lowest BCUT2D eigenvalue weighted by Gasteiger charge is -2.29. The third kappa shape index (κ3) is 5.58. The van der Waals surface area contributed by atoms with Crippen molar-refractivity contribution in [2.24, 2.45) is 5.92 Å². The Kier molecular flexibility index (Phi) is 7.14. The molecule has 1 aromatic carbocycles. The van der Waals surface area contributed by atoms with Crippen molar-refractivity contribution >= 4 is 0 Å². The lowest BCUT2D eigenvalue weighted by atomic mass is 9.77. The SMILES string of the molecule is CCCCCC[C@H]1CC[C@H](c2ccc(OC(F)F)cc2)CC1. The van der Waals surface area contributed by atoms with E-state index in [0.717, 1.165) is 5.92 Å².